The van der Waals surface area contributed by atoms with Crippen molar-refractivity contribution in [1.82, 2.24) is 9.80 Å². The van der Waals surface area contributed by atoms with Crippen molar-refractivity contribution in [2.24, 2.45) is 5.92 Å². The van der Waals surface area contributed by atoms with Crippen LogP contribution in [0.25, 0.3) is 5.57 Å². The molecule has 0 bridgehead atoms. The Balaban J connectivity index is 1.99. The van der Waals surface area contributed by atoms with Gasteiger partial charge in [0.1, 0.15) is 5.70 Å². The molecule has 1 saturated heterocycles. The zero-order valence-electron chi connectivity index (χ0n) is 16.7. The van der Waals surface area contributed by atoms with Crippen molar-refractivity contribution in [1.29, 1.82) is 0 Å². The number of nitrogens with zero attached hydrogens (tertiary/aromatic N) is 2. The van der Waals surface area contributed by atoms with Crippen LogP contribution in [0.1, 0.15) is 32.3 Å². The molecule has 158 valence electrons. The van der Waals surface area contributed by atoms with Crippen molar-refractivity contribution in [3.63, 3.8) is 0 Å². The van der Waals surface area contributed by atoms with Crippen molar-refractivity contribution in [3.05, 3.63) is 39.5 Å². The Labute approximate surface area is 181 Å². The highest BCUT2D eigenvalue weighted by Crippen LogP contribution is 2.37. The van der Waals surface area contributed by atoms with Crippen molar-refractivity contribution < 1.29 is 19.4 Å². The number of hydrogen-bond donors (Lipinski definition) is 1. The summed E-state index contributed by atoms with van der Waals surface area (Å²) in [5, 5.41) is 10.4. The Bertz CT molecular complexity index is 825. The summed E-state index contributed by atoms with van der Waals surface area (Å²) in [6.45, 7) is 5.47. The molecule has 1 fully saturated rings. The number of imide groups is 1. The number of rotatable bonds is 7. The molecule has 1 atom stereocenters. The van der Waals surface area contributed by atoms with Gasteiger partial charge in [-0.05, 0) is 44.7 Å². The fraction of sp³-hybridized carbons (Fsp3) is 0.524. The van der Waals surface area contributed by atoms with Crippen LogP contribution in [0.2, 0.25) is 10.0 Å². The summed E-state index contributed by atoms with van der Waals surface area (Å²) >= 11 is 12.4. The molecule has 2 amide bonds. The van der Waals surface area contributed by atoms with Gasteiger partial charge in [0.05, 0.1) is 29.9 Å². The zero-order valence-corrected chi connectivity index (χ0v) is 18.2. The molecule has 2 heterocycles. The molecule has 2 aliphatic rings. The average molecular weight is 441 g/mol. The summed E-state index contributed by atoms with van der Waals surface area (Å²) in [6.07, 6.45) is 1.74. The molecule has 1 unspecified atom stereocenters. The summed E-state index contributed by atoms with van der Waals surface area (Å²) in [7, 11) is 0. The smallest absolute Gasteiger partial charge is 0.277 e. The molecule has 2 aliphatic heterocycles. The Hall–Kier alpha value is -1.60. The number of carbonyl (C=O) groups is 2. The molecule has 0 aromatic heterocycles. The highest BCUT2D eigenvalue weighted by Gasteiger charge is 2.42. The summed E-state index contributed by atoms with van der Waals surface area (Å²) in [5.74, 6) is -0.658. The van der Waals surface area contributed by atoms with E-state index in [2.05, 4.69) is 0 Å². The first-order valence-electron chi connectivity index (χ1n) is 9.86. The molecule has 1 aromatic rings. The normalized spacial score (nSPS) is 20.4. The van der Waals surface area contributed by atoms with Gasteiger partial charge in [-0.3, -0.25) is 14.5 Å². The van der Waals surface area contributed by atoms with Gasteiger partial charge in [-0.25, -0.2) is 0 Å². The fourth-order valence-corrected chi connectivity index (χ4v) is 4.29. The lowest BCUT2D eigenvalue weighted by atomic mass is 9.97. The van der Waals surface area contributed by atoms with Crippen LogP contribution in [0, 0.1) is 5.92 Å². The minimum Gasteiger partial charge on any atom is -0.396 e. The van der Waals surface area contributed by atoms with E-state index in [1.165, 1.54) is 4.90 Å². The van der Waals surface area contributed by atoms with E-state index in [9.17, 15) is 14.7 Å². The predicted molar refractivity (Wildman–Crippen MR) is 113 cm³/mol. The van der Waals surface area contributed by atoms with Crippen LogP contribution < -0.4 is 0 Å². The first-order chi connectivity index (χ1) is 13.8. The van der Waals surface area contributed by atoms with Gasteiger partial charge in [-0.15, -0.1) is 0 Å². The van der Waals surface area contributed by atoms with Gasteiger partial charge in [0.2, 0.25) is 0 Å². The predicted octanol–water partition coefficient (Wildman–Crippen LogP) is 3.20. The largest absolute Gasteiger partial charge is 0.396 e. The minimum atomic E-state index is -0.382. The molecule has 0 spiro atoms. The van der Waals surface area contributed by atoms with Crippen LogP contribution in [0.5, 0.6) is 0 Å². The SMILES string of the molecule is CC(C)OCCN1C(=O)C(c2ccc(Cl)cc2Cl)=C(N2CCCC(CO)C2)C1=O. The van der Waals surface area contributed by atoms with Crippen molar-refractivity contribution in [3.8, 4) is 0 Å². The van der Waals surface area contributed by atoms with Gasteiger partial charge in [-0.1, -0.05) is 29.3 Å². The van der Waals surface area contributed by atoms with Crippen LogP contribution in [0.15, 0.2) is 23.9 Å². The lowest BCUT2D eigenvalue weighted by Gasteiger charge is -2.34. The van der Waals surface area contributed by atoms with Crippen LogP contribution in [-0.2, 0) is 14.3 Å². The quantitative estimate of drug-likeness (QED) is 0.659. The van der Waals surface area contributed by atoms with Gasteiger partial charge in [0.15, 0.2) is 0 Å². The standard InChI is InChI=1S/C21H26Cl2N2O4/c1-13(2)29-9-8-25-20(27)18(16-6-5-15(22)10-17(16)23)19(21(25)28)24-7-3-4-14(11-24)12-26/h5-6,10,13-14,26H,3-4,7-9,11-12H2,1-2H3. The Kier molecular flexibility index (Phi) is 7.22. The van der Waals surface area contributed by atoms with Gasteiger partial charge >= 0.3 is 0 Å². The molecule has 0 aliphatic carbocycles. The third-order valence-corrected chi connectivity index (χ3v) is 5.75. The molecular formula is C21H26Cl2N2O4. The van der Waals surface area contributed by atoms with E-state index in [1.807, 2.05) is 18.7 Å². The first kappa shape index (κ1) is 22.1. The summed E-state index contributed by atoms with van der Waals surface area (Å²) < 4.78 is 5.54. The fourth-order valence-electron chi connectivity index (χ4n) is 3.79. The first-order valence-corrected chi connectivity index (χ1v) is 10.6. The number of aliphatic hydroxyl groups excluding tert-OH is 1. The minimum absolute atomic E-state index is 0.00724. The third kappa shape index (κ3) is 4.77. The third-order valence-electron chi connectivity index (χ3n) is 5.20. The van der Waals surface area contributed by atoms with E-state index in [4.69, 9.17) is 27.9 Å². The maximum Gasteiger partial charge on any atom is 0.277 e. The number of likely N-dealkylation sites (tertiary alicyclic amines) is 1. The second-order valence-corrected chi connectivity index (χ2v) is 8.51. The van der Waals surface area contributed by atoms with Crippen molar-refractivity contribution >= 4 is 40.6 Å². The van der Waals surface area contributed by atoms with Gasteiger partial charge in [0, 0.05) is 30.3 Å². The second-order valence-electron chi connectivity index (χ2n) is 7.67. The Morgan fingerprint density at radius 3 is 2.66 bits per heavy atom. The number of hydrogen-bond acceptors (Lipinski definition) is 5. The maximum absolute atomic E-state index is 13.3. The highest BCUT2D eigenvalue weighted by molar-refractivity contribution is 6.41. The number of amides is 2. The van der Waals surface area contributed by atoms with Gasteiger partial charge < -0.3 is 14.7 Å². The molecule has 1 N–H and O–H groups in total. The van der Waals surface area contributed by atoms with Gasteiger partial charge in [0.25, 0.3) is 11.8 Å². The number of halogens is 2. The van der Waals surface area contributed by atoms with Crippen LogP contribution in [0.4, 0.5) is 0 Å². The van der Waals surface area contributed by atoms with Crippen LogP contribution in [-0.4, -0.2) is 65.7 Å². The molecule has 29 heavy (non-hydrogen) atoms. The van der Waals surface area contributed by atoms with E-state index in [0.717, 1.165) is 12.8 Å². The molecule has 0 radical (unpaired) electrons. The topological polar surface area (TPSA) is 70.1 Å². The van der Waals surface area contributed by atoms with Crippen LogP contribution >= 0.6 is 23.2 Å². The molecule has 1 aromatic carbocycles. The van der Waals surface area contributed by atoms with Crippen LogP contribution in [0.3, 0.4) is 0 Å². The molecule has 0 saturated carbocycles. The van der Waals surface area contributed by atoms with Crippen molar-refractivity contribution in [2.45, 2.75) is 32.8 Å². The summed E-state index contributed by atoms with van der Waals surface area (Å²) in [6, 6.07) is 4.90. The zero-order chi connectivity index (χ0) is 21.1. The molecule has 8 heteroatoms. The maximum atomic E-state index is 13.3. The number of carbonyl (C=O) groups excluding carboxylic acids is 2. The summed E-state index contributed by atoms with van der Waals surface area (Å²) in [4.78, 5) is 29.7. The van der Waals surface area contributed by atoms with E-state index < -0.39 is 0 Å². The number of ether oxygens (including phenoxy) is 1. The lowest BCUT2D eigenvalue weighted by Crippen LogP contribution is -2.41. The Morgan fingerprint density at radius 2 is 2.00 bits per heavy atom. The molecule has 3 rings (SSSR count). The highest BCUT2D eigenvalue weighted by atomic mass is 35.5. The summed E-state index contributed by atoms with van der Waals surface area (Å²) in [5.41, 5.74) is 1.13. The van der Waals surface area contributed by atoms with E-state index in [-0.39, 0.29) is 43.6 Å². The van der Waals surface area contributed by atoms with Gasteiger partial charge in [-0.2, -0.15) is 0 Å². The van der Waals surface area contributed by atoms with Crippen molar-refractivity contribution in [2.75, 3.05) is 32.8 Å². The van der Waals surface area contributed by atoms with E-state index in [1.54, 1.807) is 18.2 Å². The lowest BCUT2D eigenvalue weighted by molar-refractivity contribution is -0.138. The second kappa shape index (κ2) is 9.47. The van der Waals surface area contributed by atoms with E-state index >= 15 is 0 Å². The van der Waals surface area contributed by atoms with E-state index in [0.29, 0.717) is 40.0 Å². The average Bonchev–Trinajstić information content (AvgIpc) is 2.92. The molecule has 6 nitrogen and oxygen atoms in total. The molecular weight excluding hydrogens is 415 g/mol. The number of benzene rings is 1. The number of aliphatic hydroxyl groups is 1. The monoisotopic (exact) mass is 440 g/mol. The Morgan fingerprint density at radius 1 is 1.24 bits per heavy atom. The number of piperidine rings is 1.